The Bertz CT molecular complexity index is 2050. The molecule has 2 saturated heterocycles. The number of fused-ring (bicyclic) bond motifs is 1. The quantitative estimate of drug-likeness (QED) is 0.282. The summed E-state index contributed by atoms with van der Waals surface area (Å²) in [6.07, 6.45) is 2.30. The molecule has 1 saturated carbocycles. The Morgan fingerprint density at radius 1 is 1.00 bits per heavy atom. The van der Waals surface area contributed by atoms with Gasteiger partial charge in [0.25, 0.3) is 17.7 Å². The lowest BCUT2D eigenvalue weighted by Gasteiger charge is -2.63. The smallest absolute Gasteiger partial charge is 0.262 e. The molecule has 7 rings (SSSR count). The molecule has 3 aliphatic heterocycles. The number of imide groups is 2. The summed E-state index contributed by atoms with van der Waals surface area (Å²) in [5.41, 5.74) is 0.451. The number of hydrogen-bond acceptors (Lipinski definition) is 10. The van der Waals surface area contributed by atoms with E-state index in [1.54, 1.807) is 36.5 Å². The largest absolute Gasteiger partial charge is 0.494 e. The summed E-state index contributed by atoms with van der Waals surface area (Å²) in [4.78, 5) is 70.8. The summed E-state index contributed by atoms with van der Waals surface area (Å²) in [5.74, 6) is -0.245. The molecular formula is C39H39ClN6O7. The zero-order valence-corrected chi connectivity index (χ0v) is 30.5. The van der Waals surface area contributed by atoms with Crippen molar-refractivity contribution in [2.45, 2.75) is 65.1 Å². The van der Waals surface area contributed by atoms with Gasteiger partial charge < -0.3 is 19.7 Å². The van der Waals surface area contributed by atoms with Gasteiger partial charge in [-0.2, -0.15) is 5.26 Å². The molecule has 0 spiro atoms. The molecule has 2 N–H and O–H groups in total. The zero-order chi connectivity index (χ0) is 37.8. The van der Waals surface area contributed by atoms with Gasteiger partial charge in [0.1, 0.15) is 35.5 Å². The van der Waals surface area contributed by atoms with E-state index < -0.39 is 29.7 Å². The molecule has 5 amide bonds. The van der Waals surface area contributed by atoms with E-state index in [-0.39, 0.29) is 52.9 Å². The van der Waals surface area contributed by atoms with Crippen molar-refractivity contribution in [2.24, 2.45) is 16.7 Å². The van der Waals surface area contributed by atoms with Gasteiger partial charge in [0.15, 0.2) is 0 Å². The number of carbonyl (C=O) groups is 5. The van der Waals surface area contributed by atoms with E-state index >= 15 is 0 Å². The minimum Gasteiger partial charge on any atom is -0.494 e. The normalized spacial score (nSPS) is 23.0. The van der Waals surface area contributed by atoms with Crippen LogP contribution in [0.1, 0.15) is 83.6 Å². The number of anilines is 1. The van der Waals surface area contributed by atoms with Crippen LogP contribution in [-0.4, -0.2) is 77.3 Å². The number of carbonyl (C=O) groups excluding carboxylic acids is 5. The number of ether oxygens (including phenoxy) is 2. The summed E-state index contributed by atoms with van der Waals surface area (Å²) >= 11 is 6.22. The Hall–Kier alpha value is -5.48. The lowest BCUT2D eigenvalue weighted by molar-refractivity contribution is -0.164. The monoisotopic (exact) mass is 738 g/mol. The van der Waals surface area contributed by atoms with Crippen molar-refractivity contribution in [3.05, 3.63) is 82.0 Å². The van der Waals surface area contributed by atoms with E-state index in [0.717, 1.165) is 30.2 Å². The van der Waals surface area contributed by atoms with Crippen LogP contribution < -0.4 is 25.0 Å². The van der Waals surface area contributed by atoms with Gasteiger partial charge in [-0.05, 0) is 61.2 Å². The SMILES string of the molecule is CC1(C)[C@H](NC(=O)c2ccc(N3CC(CCOc4ccc5c(c4)C(=O)N(C4CCC(=O)NC4=O)C5=O)C3)nc2)C(C)(C)[C@H]1Oc1ccc(C#N)c(Cl)c1. The number of rotatable bonds is 10. The second kappa shape index (κ2) is 13.5. The molecule has 53 heavy (non-hydrogen) atoms. The van der Waals surface area contributed by atoms with Crippen LogP contribution in [0.25, 0.3) is 0 Å². The molecule has 3 fully saturated rings. The van der Waals surface area contributed by atoms with Crippen molar-refractivity contribution < 1.29 is 33.4 Å². The second-order valence-electron chi connectivity index (χ2n) is 15.3. The lowest BCUT2D eigenvalue weighted by Crippen LogP contribution is -2.74. The number of benzene rings is 2. The molecule has 274 valence electrons. The average Bonchev–Trinajstić information content (AvgIpc) is 3.35. The molecule has 0 bridgehead atoms. The Morgan fingerprint density at radius 2 is 1.72 bits per heavy atom. The Morgan fingerprint density at radius 3 is 2.38 bits per heavy atom. The molecule has 4 heterocycles. The number of hydrogen-bond donors (Lipinski definition) is 2. The van der Waals surface area contributed by atoms with Gasteiger partial charge in [0, 0.05) is 48.6 Å². The Kier molecular flexibility index (Phi) is 9.14. The van der Waals surface area contributed by atoms with Crippen LogP contribution in [0.15, 0.2) is 54.7 Å². The van der Waals surface area contributed by atoms with Crippen LogP contribution in [0.5, 0.6) is 11.5 Å². The van der Waals surface area contributed by atoms with Crippen molar-refractivity contribution in [3.63, 3.8) is 0 Å². The van der Waals surface area contributed by atoms with Crippen LogP contribution in [0.4, 0.5) is 5.82 Å². The first-order valence-corrected chi connectivity index (χ1v) is 17.9. The van der Waals surface area contributed by atoms with Crippen molar-refractivity contribution in [1.29, 1.82) is 5.26 Å². The average molecular weight is 739 g/mol. The molecular weight excluding hydrogens is 700 g/mol. The second-order valence-corrected chi connectivity index (χ2v) is 15.7. The highest BCUT2D eigenvalue weighted by atomic mass is 35.5. The molecule has 1 unspecified atom stereocenters. The van der Waals surface area contributed by atoms with Gasteiger partial charge in [0.05, 0.1) is 33.9 Å². The number of amides is 5. The lowest BCUT2D eigenvalue weighted by atomic mass is 9.49. The molecule has 0 radical (unpaired) electrons. The molecule has 13 nitrogen and oxygen atoms in total. The molecule has 2 aromatic carbocycles. The third-order valence-electron chi connectivity index (χ3n) is 10.9. The highest BCUT2D eigenvalue weighted by Crippen LogP contribution is 2.55. The fourth-order valence-electron chi connectivity index (χ4n) is 8.34. The van der Waals surface area contributed by atoms with Gasteiger partial charge >= 0.3 is 0 Å². The number of nitriles is 1. The summed E-state index contributed by atoms with van der Waals surface area (Å²) < 4.78 is 12.3. The van der Waals surface area contributed by atoms with Gasteiger partial charge in [0.2, 0.25) is 11.8 Å². The first-order chi connectivity index (χ1) is 25.2. The van der Waals surface area contributed by atoms with Crippen LogP contribution >= 0.6 is 11.6 Å². The summed E-state index contributed by atoms with van der Waals surface area (Å²) in [7, 11) is 0. The molecule has 3 aromatic rings. The molecule has 1 atom stereocenters. The maximum Gasteiger partial charge on any atom is 0.262 e. The third kappa shape index (κ3) is 6.45. The van der Waals surface area contributed by atoms with Gasteiger partial charge in [-0.3, -0.25) is 34.2 Å². The van der Waals surface area contributed by atoms with E-state index in [0.29, 0.717) is 40.2 Å². The molecule has 14 heteroatoms. The fourth-order valence-corrected chi connectivity index (χ4v) is 8.55. The number of halogens is 1. The maximum absolute atomic E-state index is 13.3. The number of nitrogens with one attached hydrogen (secondary N) is 2. The summed E-state index contributed by atoms with van der Waals surface area (Å²) in [5, 5.41) is 14.9. The van der Waals surface area contributed by atoms with Crippen molar-refractivity contribution >= 4 is 47.0 Å². The van der Waals surface area contributed by atoms with Crippen molar-refractivity contribution in [3.8, 4) is 17.6 Å². The van der Waals surface area contributed by atoms with Crippen LogP contribution in [0.2, 0.25) is 5.02 Å². The molecule has 1 aliphatic carbocycles. The maximum atomic E-state index is 13.3. The van der Waals surface area contributed by atoms with Crippen molar-refractivity contribution in [2.75, 3.05) is 24.6 Å². The standard InChI is InChI=1S/C39H39ClN6O7/c1-38(2)36(39(3,4)37(38)53-25-7-5-22(17-41)28(40)16-25)44-32(48)23-6-11-30(42-18-23)45-19-21(20-45)13-14-52-24-8-9-26-27(15-24)35(51)46(34(26)50)29-10-12-31(47)43-33(29)49/h5-9,11,15-16,18,21,29,36-37H,10,12-14,19-20H2,1-4H3,(H,44,48)(H,43,47,49)/t29?,36-,37-. The van der Waals surface area contributed by atoms with Crippen LogP contribution in [0.3, 0.4) is 0 Å². The van der Waals surface area contributed by atoms with Crippen LogP contribution in [0, 0.1) is 28.1 Å². The predicted octanol–water partition coefficient (Wildman–Crippen LogP) is 4.53. The Balaban J connectivity index is 0.872. The minimum absolute atomic E-state index is 0.0607. The minimum atomic E-state index is -1.02. The first kappa shape index (κ1) is 35.9. The van der Waals surface area contributed by atoms with Gasteiger partial charge in [-0.15, -0.1) is 0 Å². The number of nitrogens with zero attached hydrogens (tertiary/aromatic N) is 4. The van der Waals surface area contributed by atoms with E-state index in [9.17, 15) is 29.2 Å². The number of aromatic nitrogens is 1. The summed E-state index contributed by atoms with van der Waals surface area (Å²) in [6, 6.07) is 14.2. The molecule has 4 aliphatic rings. The molecule has 1 aromatic heterocycles. The summed E-state index contributed by atoms with van der Waals surface area (Å²) in [6.45, 7) is 10.2. The van der Waals surface area contributed by atoms with E-state index in [1.165, 1.54) is 12.1 Å². The fraction of sp³-hybridized carbons (Fsp3) is 0.410. The number of pyridine rings is 1. The third-order valence-corrected chi connectivity index (χ3v) is 11.2. The van der Waals surface area contributed by atoms with Crippen molar-refractivity contribution in [1.82, 2.24) is 20.5 Å². The zero-order valence-electron chi connectivity index (χ0n) is 29.8. The van der Waals surface area contributed by atoms with Gasteiger partial charge in [-0.1, -0.05) is 39.3 Å². The highest BCUT2D eigenvalue weighted by molar-refractivity contribution is 6.31. The van der Waals surface area contributed by atoms with E-state index in [1.807, 2.05) is 6.07 Å². The topological polar surface area (TPSA) is 171 Å². The van der Waals surface area contributed by atoms with Crippen LogP contribution in [-0.2, 0) is 9.59 Å². The van der Waals surface area contributed by atoms with E-state index in [2.05, 4.69) is 54.3 Å². The van der Waals surface area contributed by atoms with E-state index in [4.69, 9.17) is 21.1 Å². The highest BCUT2D eigenvalue weighted by Gasteiger charge is 2.64. The predicted molar refractivity (Wildman–Crippen MR) is 193 cm³/mol. The first-order valence-electron chi connectivity index (χ1n) is 17.6. The number of piperidine rings is 1. The Labute approximate surface area is 311 Å². The van der Waals surface area contributed by atoms with Gasteiger partial charge in [-0.25, -0.2) is 4.98 Å².